The van der Waals surface area contributed by atoms with Crippen molar-refractivity contribution in [2.45, 2.75) is 26.5 Å². The van der Waals surface area contributed by atoms with E-state index in [2.05, 4.69) is 28.7 Å². The summed E-state index contributed by atoms with van der Waals surface area (Å²) in [5.74, 6) is -0.337. The number of piperazine rings is 1. The van der Waals surface area contributed by atoms with Crippen LogP contribution in [0.4, 0.5) is 4.39 Å². The number of benzene rings is 1. The summed E-state index contributed by atoms with van der Waals surface area (Å²) in [5, 5.41) is 14.8. The molecular weight excluding hydrogens is 319 g/mol. The van der Waals surface area contributed by atoms with Crippen LogP contribution in [0.25, 0.3) is 0 Å². The second-order valence-electron chi connectivity index (χ2n) is 6.89. The molecule has 1 aliphatic heterocycles. The Kier molecular flexibility index (Phi) is 5.51. The molecule has 0 amide bonds. The molecule has 1 fully saturated rings. The van der Waals surface area contributed by atoms with Gasteiger partial charge < -0.3 is 5.11 Å². The van der Waals surface area contributed by atoms with Gasteiger partial charge in [-0.2, -0.15) is 5.10 Å². The van der Waals surface area contributed by atoms with Crippen LogP contribution in [-0.4, -0.2) is 57.4 Å². The zero-order chi connectivity index (χ0) is 18.0. The number of aliphatic hydroxyl groups excluding tert-OH is 1. The highest BCUT2D eigenvalue weighted by Crippen LogP contribution is 2.20. The fourth-order valence-electron chi connectivity index (χ4n) is 3.49. The van der Waals surface area contributed by atoms with Crippen molar-refractivity contribution in [2.24, 2.45) is 7.05 Å². The zero-order valence-electron chi connectivity index (χ0n) is 15.2. The Morgan fingerprint density at radius 2 is 1.76 bits per heavy atom. The summed E-state index contributed by atoms with van der Waals surface area (Å²) >= 11 is 0. The molecule has 1 aromatic heterocycles. The zero-order valence-corrected chi connectivity index (χ0v) is 15.2. The quantitative estimate of drug-likeness (QED) is 0.900. The van der Waals surface area contributed by atoms with Crippen LogP contribution < -0.4 is 0 Å². The van der Waals surface area contributed by atoms with Gasteiger partial charge in [-0.05, 0) is 19.9 Å². The summed E-state index contributed by atoms with van der Waals surface area (Å²) in [4.78, 5) is 4.62. The van der Waals surface area contributed by atoms with Crippen molar-refractivity contribution in [3.63, 3.8) is 0 Å². The Hall–Kier alpha value is -1.76. The largest absolute Gasteiger partial charge is 0.387 e. The van der Waals surface area contributed by atoms with Crippen molar-refractivity contribution in [3.05, 3.63) is 52.6 Å². The van der Waals surface area contributed by atoms with Crippen molar-refractivity contribution in [1.29, 1.82) is 0 Å². The van der Waals surface area contributed by atoms with Gasteiger partial charge in [0.25, 0.3) is 0 Å². The normalized spacial score (nSPS) is 17.8. The molecule has 1 N–H and O–H groups in total. The van der Waals surface area contributed by atoms with E-state index in [9.17, 15) is 9.50 Å². The molecule has 1 aromatic carbocycles. The highest BCUT2D eigenvalue weighted by Gasteiger charge is 2.22. The summed E-state index contributed by atoms with van der Waals surface area (Å²) in [7, 11) is 1.98. The molecule has 1 atom stereocenters. The first-order valence-electron chi connectivity index (χ1n) is 8.82. The van der Waals surface area contributed by atoms with Gasteiger partial charge in [0.05, 0.1) is 11.8 Å². The maximum absolute atomic E-state index is 13.8. The lowest BCUT2D eigenvalue weighted by Gasteiger charge is -2.35. The molecular formula is C19H27FN4O. The number of nitrogens with zero attached hydrogens (tertiary/aromatic N) is 4. The molecule has 0 saturated carbocycles. The first-order valence-corrected chi connectivity index (χ1v) is 8.82. The average molecular weight is 346 g/mol. The first-order chi connectivity index (χ1) is 12.0. The predicted octanol–water partition coefficient (Wildman–Crippen LogP) is 2.03. The molecule has 5 nitrogen and oxygen atoms in total. The molecule has 1 saturated heterocycles. The molecule has 0 radical (unpaired) electrons. The molecule has 0 aliphatic carbocycles. The number of halogens is 1. The second-order valence-corrected chi connectivity index (χ2v) is 6.89. The molecule has 0 spiro atoms. The molecule has 2 aromatic rings. The van der Waals surface area contributed by atoms with Crippen LogP contribution in [0.2, 0.25) is 0 Å². The minimum atomic E-state index is -0.782. The summed E-state index contributed by atoms with van der Waals surface area (Å²) in [5.41, 5.74) is 4.00. The minimum Gasteiger partial charge on any atom is -0.387 e. The second kappa shape index (κ2) is 7.64. The molecule has 6 heteroatoms. The predicted molar refractivity (Wildman–Crippen MR) is 95.8 cm³/mol. The van der Waals surface area contributed by atoms with E-state index in [1.165, 1.54) is 17.3 Å². The smallest absolute Gasteiger partial charge is 0.129 e. The van der Waals surface area contributed by atoms with Gasteiger partial charge in [0.2, 0.25) is 0 Å². The number of β-amino-alcohol motifs (C(OH)–C–C–N with tert-alkyl or cyclic N) is 1. The number of aromatic nitrogens is 2. The summed E-state index contributed by atoms with van der Waals surface area (Å²) in [6.07, 6.45) is -0.782. The topological polar surface area (TPSA) is 44.5 Å². The van der Waals surface area contributed by atoms with E-state index >= 15 is 0 Å². The Morgan fingerprint density at radius 3 is 2.36 bits per heavy atom. The Bertz CT molecular complexity index is 722. The Morgan fingerprint density at radius 1 is 1.12 bits per heavy atom. The third kappa shape index (κ3) is 4.08. The van der Waals surface area contributed by atoms with Crippen LogP contribution in [0.3, 0.4) is 0 Å². The maximum atomic E-state index is 13.8. The number of aryl methyl sites for hydroxylation is 2. The van der Waals surface area contributed by atoms with Gasteiger partial charge in [-0.3, -0.25) is 14.5 Å². The highest BCUT2D eigenvalue weighted by atomic mass is 19.1. The first kappa shape index (κ1) is 18.0. The van der Waals surface area contributed by atoms with Gasteiger partial charge in [0.1, 0.15) is 5.82 Å². The third-order valence-electron chi connectivity index (χ3n) is 5.20. The monoisotopic (exact) mass is 346 g/mol. The maximum Gasteiger partial charge on any atom is 0.129 e. The van der Waals surface area contributed by atoms with Crippen LogP contribution in [0, 0.1) is 19.7 Å². The van der Waals surface area contributed by atoms with Crippen molar-refractivity contribution < 1.29 is 9.50 Å². The van der Waals surface area contributed by atoms with Crippen LogP contribution in [0.15, 0.2) is 24.3 Å². The van der Waals surface area contributed by atoms with E-state index < -0.39 is 6.10 Å². The van der Waals surface area contributed by atoms with Crippen molar-refractivity contribution >= 4 is 0 Å². The van der Waals surface area contributed by atoms with E-state index in [1.54, 1.807) is 18.2 Å². The van der Waals surface area contributed by atoms with E-state index in [4.69, 9.17) is 0 Å². The number of hydrogen-bond donors (Lipinski definition) is 1. The van der Waals surface area contributed by atoms with Gasteiger partial charge in [0.15, 0.2) is 0 Å². The highest BCUT2D eigenvalue weighted by molar-refractivity contribution is 5.24. The summed E-state index contributed by atoms with van der Waals surface area (Å²) < 4.78 is 15.7. The Labute approximate surface area is 148 Å². The number of hydrogen-bond acceptors (Lipinski definition) is 4. The van der Waals surface area contributed by atoms with Crippen molar-refractivity contribution in [3.8, 4) is 0 Å². The lowest BCUT2D eigenvalue weighted by molar-refractivity contribution is 0.0684. The molecule has 3 rings (SSSR count). The lowest BCUT2D eigenvalue weighted by Crippen LogP contribution is -2.47. The fraction of sp³-hybridized carbons (Fsp3) is 0.526. The van der Waals surface area contributed by atoms with Gasteiger partial charge in [-0.25, -0.2) is 4.39 Å². The Balaban J connectivity index is 1.53. The van der Waals surface area contributed by atoms with Crippen molar-refractivity contribution in [2.75, 3.05) is 32.7 Å². The van der Waals surface area contributed by atoms with Gasteiger partial charge in [0, 0.05) is 63.1 Å². The molecule has 0 bridgehead atoms. The standard InChI is InChI=1S/C19H27FN4O/c1-14-17(15(2)22(3)21-14)12-23-8-10-24(11-9-23)13-19(25)16-6-4-5-7-18(16)20/h4-7,19,25H,8-13H2,1-3H3/t19-/m1/s1. The van der Waals surface area contributed by atoms with E-state index in [1.807, 2.05) is 11.7 Å². The van der Waals surface area contributed by atoms with Gasteiger partial charge in [-0.15, -0.1) is 0 Å². The number of rotatable bonds is 5. The summed E-state index contributed by atoms with van der Waals surface area (Å²) in [6, 6.07) is 6.46. The summed E-state index contributed by atoms with van der Waals surface area (Å²) in [6.45, 7) is 9.19. The molecule has 1 aliphatic rings. The van der Waals surface area contributed by atoms with E-state index in [-0.39, 0.29) is 5.82 Å². The van der Waals surface area contributed by atoms with Crippen LogP contribution in [-0.2, 0) is 13.6 Å². The molecule has 136 valence electrons. The van der Waals surface area contributed by atoms with Crippen LogP contribution >= 0.6 is 0 Å². The molecule has 2 heterocycles. The van der Waals surface area contributed by atoms with E-state index in [0.29, 0.717) is 12.1 Å². The third-order valence-corrected chi connectivity index (χ3v) is 5.20. The minimum absolute atomic E-state index is 0.337. The van der Waals surface area contributed by atoms with Gasteiger partial charge in [-0.1, -0.05) is 18.2 Å². The van der Waals surface area contributed by atoms with Gasteiger partial charge >= 0.3 is 0 Å². The van der Waals surface area contributed by atoms with Crippen LogP contribution in [0.1, 0.15) is 28.6 Å². The van der Waals surface area contributed by atoms with E-state index in [0.717, 1.165) is 38.4 Å². The lowest BCUT2D eigenvalue weighted by atomic mass is 10.1. The molecule has 25 heavy (non-hydrogen) atoms. The SMILES string of the molecule is Cc1nn(C)c(C)c1CN1CCN(C[C@@H](O)c2ccccc2F)CC1. The average Bonchev–Trinajstić information content (AvgIpc) is 2.83. The van der Waals surface area contributed by atoms with Crippen molar-refractivity contribution in [1.82, 2.24) is 19.6 Å². The van der Waals surface area contributed by atoms with Crippen LogP contribution in [0.5, 0.6) is 0 Å². The number of aliphatic hydroxyl groups is 1. The fourth-order valence-corrected chi connectivity index (χ4v) is 3.49. The molecule has 0 unspecified atom stereocenters.